The summed E-state index contributed by atoms with van der Waals surface area (Å²) in [7, 11) is -3.89. The zero-order chi connectivity index (χ0) is 20.9. The molecule has 0 aliphatic rings. The summed E-state index contributed by atoms with van der Waals surface area (Å²) in [5, 5.41) is 2.63. The third-order valence-electron chi connectivity index (χ3n) is 3.87. The Balaban J connectivity index is 2.01. The van der Waals surface area contributed by atoms with Gasteiger partial charge in [0.2, 0.25) is 15.9 Å². The predicted octanol–water partition coefficient (Wildman–Crippen LogP) is 2.62. The van der Waals surface area contributed by atoms with Crippen LogP contribution in [0.15, 0.2) is 42.5 Å². The maximum Gasteiger partial charge on any atom is 0.241 e. The maximum absolute atomic E-state index is 13.5. The largest absolute Gasteiger partial charge is 0.491 e. The van der Waals surface area contributed by atoms with Gasteiger partial charge in [0.05, 0.1) is 18.0 Å². The van der Waals surface area contributed by atoms with Gasteiger partial charge < -0.3 is 10.1 Å². The topological polar surface area (TPSA) is 75.7 Å². The van der Waals surface area contributed by atoms with Gasteiger partial charge in [-0.15, -0.1) is 0 Å². The number of carbonyl (C=O) groups excluding carboxylic acids is 1. The van der Waals surface area contributed by atoms with E-state index in [9.17, 15) is 22.0 Å². The molecule has 0 unspecified atom stereocenters. The lowest BCUT2D eigenvalue weighted by Gasteiger charge is -2.23. The standard InChI is InChI=1S/C19H22F2N2O4S/c1-13-6-4-5-7-18(13)27-12-14(2)22-19(24)11-23(28(3,25)26)15-8-9-16(20)17(21)10-15/h4-10,14H,11-12H2,1-3H3,(H,22,24)/t14-/m0/s1. The molecule has 1 amide bonds. The molecule has 0 spiro atoms. The van der Waals surface area contributed by atoms with Crippen LogP contribution in [-0.4, -0.2) is 39.8 Å². The second-order valence-electron chi connectivity index (χ2n) is 6.41. The third kappa shape index (κ3) is 5.91. The Hall–Kier alpha value is -2.68. The first kappa shape index (κ1) is 21.6. The highest BCUT2D eigenvalue weighted by Crippen LogP contribution is 2.20. The molecule has 0 heterocycles. The van der Waals surface area contributed by atoms with Gasteiger partial charge in [0.1, 0.15) is 18.9 Å². The Morgan fingerprint density at radius 1 is 1.18 bits per heavy atom. The molecule has 1 N–H and O–H groups in total. The molecule has 0 bridgehead atoms. The minimum atomic E-state index is -3.89. The van der Waals surface area contributed by atoms with Crippen molar-refractivity contribution in [3.8, 4) is 5.75 Å². The van der Waals surface area contributed by atoms with E-state index in [1.807, 2.05) is 25.1 Å². The first-order valence-electron chi connectivity index (χ1n) is 8.48. The van der Waals surface area contributed by atoms with Gasteiger partial charge in [0.15, 0.2) is 11.6 Å². The van der Waals surface area contributed by atoms with Gasteiger partial charge in [-0.3, -0.25) is 9.10 Å². The van der Waals surface area contributed by atoms with Gasteiger partial charge in [-0.05, 0) is 37.6 Å². The van der Waals surface area contributed by atoms with Crippen LogP contribution in [0.1, 0.15) is 12.5 Å². The van der Waals surface area contributed by atoms with Crippen LogP contribution >= 0.6 is 0 Å². The second kappa shape index (κ2) is 9.01. The van der Waals surface area contributed by atoms with Crippen molar-refractivity contribution in [2.75, 3.05) is 23.7 Å². The van der Waals surface area contributed by atoms with Crippen molar-refractivity contribution in [1.29, 1.82) is 0 Å². The van der Waals surface area contributed by atoms with E-state index in [1.54, 1.807) is 13.0 Å². The molecule has 0 aliphatic carbocycles. The van der Waals surface area contributed by atoms with Gasteiger partial charge in [-0.25, -0.2) is 17.2 Å². The van der Waals surface area contributed by atoms with Gasteiger partial charge in [-0.2, -0.15) is 0 Å². The number of halogens is 2. The molecule has 1 atom stereocenters. The highest BCUT2D eigenvalue weighted by molar-refractivity contribution is 7.92. The normalized spacial score (nSPS) is 12.3. The van der Waals surface area contributed by atoms with Crippen LogP contribution < -0.4 is 14.4 Å². The Labute approximate surface area is 163 Å². The fraction of sp³-hybridized carbons (Fsp3) is 0.316. The number of rotatable bonds is 8. The minimum absolute atomic E-state index is 0.139. The van der Waals surface area contributed by atoms with Crippen molar-refractivity contribution in [2.45, 2.75) is 19.9 Å². The first-order valence-corrected chi connectivity index (χ1v) is 10.3. The Morgan fingerprint density at radius 3 is 2.46 bits per heavy atom. The van der Waals surface area contributed by atoms with Crippen molar-refractivity contribution in [3.05, 3.63) is 59.7 Å². The van der Waals surface area contributed by atoms with Crippen LogP contribution in [0.2, 0.25) is 0 Å². The summed E-state index contributed by atoms with van der Waals surface area (Å²) in [5.41, 5.74) is 0.808. The number of carbonyl (C=O) groups is 1. The number of hydrogen-bond acceptors (Lipinski definition) is 4. The Morgan fingerprint density at radius 2 is 1.86 bits per heavy atom. The summed E-state index contributed by atoms with van der Waals surface area (Å²) < 4.78 is 56.9. The fourth-order valence-corrected chi connectivity index (χ4v) is 3.31. The molecule has 0 aromatic heterocycles. The molecular formula is C19H22F2N2O4S. The van der Waals surface area contributed by atoms with E-state index in [0.29, 0.717) is 10.1 Å². The number of nitrogens with one attached hydrogen (secondary N) is 1. The summed E-state index contributed by atoms with van der Waals surface area (Å²) in [6.07, 6.45) is 0.881. The zero-order valence-electron chi connectivity index (χ0n) is 15.8. The first-order chi connectivity index (χ1) is 13.1. The van der Waals surface area contributed by atoms with Crippen LogP contribution in [0, 0.1) is 18.6 Å². The quantitative estimate of drug-likeness (QED) is 0.723. The van der Waals surface area contributed by atoms with Crippen LogP contribution in [0.4, 0.5) is 14.5 Å². The van der Waals surface area contributed by atoms with Crippen molar-refractivity contribution in [3.63, 3.8) is 0 Å². The number of hydrogen-bond donors (Lipinski definition) is 1. The van der Waals surface area contributed by atoms with Crippen LogP contribution in [0.3, 0.4) is 0 Å². The number of aryl methyl sites for hydroxylation is 1. The predicted molar refractivity (Wildman–Crippen MR) is 103 cm³/mol. The molecule has 0 saturated carbocycles. The Bertz CT molecular complexity index is 951. The van der Waals surface area contributed by atoms with E-state index < -0.39 is 40.2 Å². The average molecular weight is 412 g/mol. The van der Waals surface area contributed by atoms with Crippen molar-refractivity contribution in [2.24, 2.45) is 0 Å². The van der Waals surface area contributed by atoms with Gasteiger partial charge in [-0.1, -0.05) is 18.2 Å². The van der Waals surface area contributed by atoms with E-state index >= 15 is 0 Å². The number of amides is 1. The second-order valence-corrected chi connectivity index (χ2v) is 8.32. The van der Waals surface area contributed by atoms with E-state index in [2.05, 4.69) is 5.32 Å². The number of ether oxygens (including phenoxy) is 1. The summed E-state index contributed by atoms with van der Waals surface area (Å²) in [6.45, 7) is 3.21. The van der Waals surface area contributed by atoms with Gasteiger partial charge in [0.25, 0.3) is 0 Å². The molecule has 0 fully saturated rings. The van der Waals surface area contributed by atoms with Gasteiger partial charge >= 0.3 is 0 Å². The smallest absolute Gasteiger partial charge is 0.241 e. The number of anilines is 1. The van der Waals surface area contributed by atoms with E-state index in [-0.39, 0.29) is 12.3 Å². The number of sulfonamides is 1. The lowest BCUT2D eigenvalue weighted by atomic mass is 10.2. The molecule has 0 aliphatic heterocycles. The van der Waals surface area contributed by atoms with E-state index in [4.69, 9.17) is 4.74 Å². The monoisotopic (exact) mass is 412 g/mol. The van der Waals surface area contributed by atoms with Crippen molar-refractivity contribution < 1.29 is 26.7 Å². The van der Waals surface area contributed by atoms with Crippen LogP contribution in [-0.2, 0) is 14.8 Å². The van der Waals surface area contributed by atoms with Gasteiger partial charge in [0, 0.05) is 6.07 Å². The molecular weight excluding hydrogens is 390 g/mol. The van der Waals surface area contributed by atoms with Crippen molar-refractivity contribution in [1.82, 2.24) is 5.32 Å². The molecule has 0 saturated heterocycles. The lowest BCUT2D eigenvalue weighted by molar-refractivity contribution is -0.120. The zero-order valence-corrected chi connectivity index (χ0v) is 16.6. The van der Waals surface area contributed by atoms with E-state index in [1.165, 1.54) is 0 Å². The lowest BCUT2D eigenvalue weighted by Crippen LogP contribution is -2.45. The summed E-state index contributed by atoms with van der Waals surface area (Å²) in [6, 6.07) is 9.63. The fourth-order valence-electron chi connectivity index (χ4n) is 2.47. The maximum atomic E-state index is 13.5. The SMILES string of the molecule is Cc1ccccc1OC[C@H](C)NC(=O)CN(c1ccc(F)c(F)c1)S(C)(=O)=O. The highest BCUT2D eigenvalue weighted by Gasteiger charge is 2.23. The van der Waals surface area contributed by atoms with Crippen LogP contribution in [0.5, 0.6) is 5.75 Å². The van der Waals surface area contributed by atoms with Crippen molar-refractivity contribution >= 4 is 21.6 Å². The molecule has 28 heavy (non-hydrogen) atoms. The molecule has 2 rings (SSSR count). The number of para-hydroxylation sites is 1. The molecule has 0 radical (unpaired) electrons. The summed E-state index contributed by atoms with van der Waals surface area (Å²) in [4.78, 5) is 12.3. The van der Waals surface area contributed by atoms with E-state index in [0.717, 1.165) is 30.0 Å². The third-order valence-corrected chi connectivity index (χ3v) is 5.01. The highest BCUT2D eigenvalue weighted by atomic mass is 32.2. The number of nitrogens with zero attached hydrogens (tertiary/aromatic N) is 1. The molecule has 2 aromatic rings. The number of benzene rings is 2. The molecule has 152 valence electrons. The summed E-state index contributed by atoms with van der Waals surface area (Å²) in [5.74, 6) is -2.23. The Kier molecular flexibility index (Phi) is 6.95. The molecule has 6 nitrogen and oxygen atoms in total. The minimum Gasteiger partial charge on any atom is -0.491 e. The van der Waals surface area contributed by atoms with Crippen LogP contribution in [0.25, 0.3) is 0 Å². The molecule has 9 heteroatoms. The average Bonchev–Trinajstić information content (AvgIpc) is 2.60. The summed E-state index contributed by atoms with van der Waals surface area (Å²) >= 11 is 0. The molecule has 2 aromatic carbocycles.